The Morgan fingerprint density at radius 1 is 1.18 bits per heavy atom. The molecule has 0 unspecified atom stereocenters. The van der Waals surface area contributed by atoms with Gasteiger partial charge in [0.2, 0.25) is 11.9 Å². The number of nitrogens with zero attached hydrogens (tertiary/aromatic N) is 4. The lowest BCUT2D eigenvalue weighted by atomic mass is 10.0. The van der Waals surface area contributed by atoms with Crippen LogP contribution in [0.3, 0.4) is 0 Å². The van der Waals surface area contributed by atoms with Crippen LogP contribution in [0.4, 0.5) is 5.69 Å². The first kappa shape index (κ1) is 27.3. The minimum Gasteiger partial charge on any atom is -0.396 e. The van der Waals surface area contributed by atoms with Gasteiger partial charge in [0.1, 0.15) is 5.49 Å². The maximum atomic E-state index is 13.0. The molecule has 4 N–H and O–H groups in total. The number of likely N-dealkylation sites (tertiary alicyclic amines) is 1. The van der Waals surface area contributed by atoms with Gasteiger partial charge in [-0.15, -0.1) is 0 Å². The number of carbonyl (C=O) groups is 2. The second-order valence-corrected chi connectivity index (χ2v) is 9.84. The molecule has 2 amide bonds. The third-order valence-corrected chi connectivity index (χ3v) is 7.24. The van der Waals surface area contributed by atoms with Gasteiger partial charge >= 0.3 is 0 Å². The van der Waals surface area contributed by atoms with Crippen molar-refractivity contribution in [3.05, 3.63) is 65.3 Å². The van der Waals surface area contributed by atoms with Crippen molar-refractivity contribution in [1.29, 1.82) is 5.41 Å². The number of aromatic amines is 1. The van der Waals surface area contributed by atoms with Gasteiger partial charge in [0.05, 0.1) is 6.61 Å². The quantitative estimate of drug-likeness (QED) is 0.343. The van der Waals surface area contributed by atoms with Crippen molar-refractivity contribution in [3.8, 4) is 0 Å². The zero-order valence-electron chi connectivity index (χ0n) is 22.1. The van der Waals surface area contributed by atoms with Crippen LogP contribution < -0.4 is 10.8 Å². The van der Waals surface area contributed by atoms with E-state index >= 15 is 0 Å². The van der Waals surface area contributed by atoms with Gasteiger partial charge < -0.3 is 30.1 Å². The zero-order valence-corrected chi connectivity index (χ0v) is 22.1. The Morgan fingerprint density at radius 2 is 1.92 bits per heavy atom. The molecule has 2 aromatic rings. The topological polar surface area (TPSA) is 128 Å². The van der Waals surface area contributed by atoms with Crippen LogP contribution in [0, 0.1) is 5.41 Å². The summed E-state index contributed by atoms with van der Waals surface area (Å²) in [6.07, 6.45) is 6.52. The van der Waals surface area contributed by atoms with Crippen molar-refractivity contribution >= 4 is 29.0 Å². The Hall–Kier alpha value is -3.76. The van der Waals surface area contributed by atoms with Gasteiger partial charge in [0.15, 0.2) is 0 Å². The average molecular weight is 520 g/mol. The number of hydrogen-bond acceptors (Lipinski definition) is 5. The molecular formula is C28H37N7O3. The van der Waals surface area contributed by atoms with E-state index in [1.807, 2.05) is 30.2 Å². The maximum Gasteiger partial charge on any atom is 0.253 e. The molecule has 1 aromatic heterocycles. The molecule has 1 saturated heterocycles. The Balaban J connectivity index is 1.40. The largest absolute Gasteiger partial charge is 0.396 e. The van der Waals surface area contributed by atoms with E-state index in [1.165, 1.54) is 0 Å². The number of aromatic nitrogens is 1. The Kier molecular flexibility index (Phi) is 9.09. The van der Waals surface area contributed by atoms with Crippen molar-refractivity contribution in [2.24, 2.45) is 4.99 Å². The van der Waals surface area contributed by atoms with Gasteiger partial charge in [0.25, 0.3) is 5.91 Å². The molecule has 2 aliphatic rings. The lowest BCUT2D eigenvalue weighted by Crippen LogP contribution is -2.44. The van der Waals surface area contributed by atoms with Gasteiger partial charge in [-0.2, -0.15) is 4.99 Å². The first-order valence-electron chi connectivity index (χ1n) is 13.1. The van der Waals surface area contributed by atoms with E-state index in [4.69, 9.17) is 10.5 Å². The summed E-state index contributed by atoms with van der Waals surface area (Å²) in [4.78, 5) is 38.5. The molecule has 1 fully saturated rings. The minimum absolute atomic E-state index is 0.00628. The summed E-state index contributed by atoms with van der Waals surface area (Å²) in [5.41, 5.74) is 3.78. The predicted octanol–water partition coefficient (Wildman–Crippen LogP) is 2.13. The molecule has 202 valence electrons. The molecule has 4 rings (SSSR count). The number of pyridine rings is 1. The van der Waals surface area contributed by atoms with Gasteiger partial charge in [-0.3, -0.25) is 15.0 Å². The first-order valence-corrected chi connectivity index (χ1v) is 13.1. The molecule has 0 radical (unpaired) electrons. The molecule has 1 aromatic carbocycles. The fourth-order valence-corrected chi connectivity index (χ4v) is 4.90. The van der Waals surface area contributed by atoms with Gasteiger partial charge in [0, 0.05) is 55.6 Å². The standard InChI is InChI=1S/C28H37N7O3/c1-33-15-11-23(12-16-33)34(2)27(38)21-5-7-22(8-6-21)31-28(29)32-26-24(4-3-14-30-26)20-9-17-35(18-10-20)25(37)13-19-36/h3-9,14,23,36H,10-13,15-19H2,1-2H3,(H3,29,30,31,32). The monoisotopic (exact) mass is 519 g/mol. The summed E-state index contributed by atoms with van der Waals surface area (Å²) >= 11 is 0. The normalized spacial score (nSPS) is 17.2. The lowest BCUT2D eigenvalue weighted by molar-refractivity contribution is -0.131. The molecule has 0 bridgehead atoms. The van der Waals surface area contributed by atoms with E-state index in [-0.39, 0.29) is 36.8 Å². The Bertz CT molecular complexity index is 1240. The van der Waals surface area contributed by atoms with Crippen LogP contribution in [0.15, 0.2) is 53.7 Å². The Morgan fingerprint density at radius 3 is 2.58 bits per heavy atom. The molecular weight excluding hydrogens is 482 g/mol. The molecule has 0 atom stereocenters. The number of guanidine groups is 1. The summed E-state index contributed by atoms with van der Waals surface area (Å²) in [5.74, 6) is -0.0846. The smallest absolute Gasteiger partial charge is 0.253 e. The minimum atomic E-state index is -0.147. The van der Waals surface area contributed by atoms with Crippen LogP contribution in [0.2, 0.25) is 0 Å². The van der Waals surface area contributed by atoms with Crippen molar-refractivity contribution in [1.82, 2.24) is 19.7 Å². The molecule has 2 aliphatic heterocycles. The number of rotatable bonds is 6. The molecule has 0 spiro atoms. The number of anilines is 1. The molecule has 0 aliphatic carbocycles. The van der Waals surface area contributed by atoms with E-state index in [0.29, 0.717) is 36.2 Å². The number of carbonyl (C=O) groups excluding carboxylic acids is 2. The molecule has 10 heteroatoms. The lowest BCUT2D eigenvalue weighted by Gasteiger charge is -2.35. The number of nitrogens with one attached hydrogen (secondary N) is 3. The van der Waals surface area contributed by atoms with Crippen LogP contribution in [-0.2, 0) is 4.79 Å². The third kappa shape index (κ3) is 6.76. The number of amides is 2. The Labute approximate surface area is 223 Å². The van der Waals surface area contributed by atoms with Gasteiger partial charge in [-0.1, -0.05) is 6.08 Å². The number of piperidine rings is 1. The summed E-state index contributed by atoms with van der Waals surface area (Å²) in [5, 5.41) is 20.4. The van der Waals surface area contributed by atoms with Crippen LogP contribution >= 0.6 is 0 Å². The van der Waals surface area contributed by atoms with Crippen molar-refractivity contribution < 1.29 is 14.7 Å². The maximum absolute atomic E-state index is 13.0. The van der Waals surface area contributed by atoms with Crippen LogP contribution in [0.5, 0.6) is 0 Å². The van der Waals surface area contributed by atoms with E-state index in [9.17, 15) is 9.59 Å². The highest BCUT2D eigenvalue weighted by Gasteiger charge is 2.24. The summed E-state index contributed by atoms with van der Waals surface area (Å²) in [7, 11) is 3.98. The number of aliphatic hydroxyl groups excluding tert-OH is 1. The first-order chi connectivity index (χ1) is 18.4. The van der Waals surface area contributed by atoms with Crippen molar-refractivity contribution in [3.63, 3.8) is 0 Å². The summed E-state index contributed by atoms with van der Waals surface area (Å²) < 4.78 is 0. The highest BCUT2D eigenvalue weighted by atomic mass is 16.3. The van der Waals surface area contributed by atoms with E-state index in [2.05, 4.69) is 27.2 Å². The van der Waals surface area contributed by atoms with E-state index in [0.717, 1.165) is 37.1 Å². The highest BCUT2D eigenvalue weighted by Crippen LogP contribution is 2.20. The zero-order chi connectivity index (χ0) is 27.1. The second-order valence-electron chi connectivity index (χ2n) is 9.84. The molecule has 10 nitrogen and oxygen atoms in total. The second kappa shape index (κ2) is 12.7. The predicted molar refractivity (Wildman–Crippen MR) is 148 cm³/mol. The number of hydrogen-bond donors (Lipinski definition) is 4. The summed E-state index contributed by atoms with van der Waals surface area (Å²) in [6.45, 7) is 2.91. The highest BCUT2D eigenvalue weighted by molar-refractivity contribution is 5.96. The van der Waals surface area contributed by atoms with Crippen molar-refractivity contribution in [2.75, 3.05) is 52.2 Å². The van der Waals surface area contributed by atoms with Crippen molar-refractivity contribution in [2.45, 2.75) is 31.7 Å². The van der Waals surface area contributed by atoms with Crippen LogP contribution in [0.25, 0.3) is 5.57 Å². The third-order valence-electron chi connectivity index (χ3n) is 7.24. The number of benzene rings is 1. The van der Waals surface area contributed by atoms with E-state index in [1.54, 1.807) is 35.4 Å². The molecule has 3 heterocycles. The number of H-pyrrole nitrogens is 1. The van der Waals surface area contributed by atoms with Gasteiger partial charge in [-0.05, 0) is 81.4 Å². The molecule has 0 saturated carbocycles. The fourth-order valence-electron chi connectivity index (χ4n) is 4.90. The average Bonchev–Trinajstić information content (AvgIpc) is 2.93. The SMILES string of the molecule is CN1CCC(N(C)C(=O)c2ccc(NC(=N)/N=c3\[nH]cccc3C3=CCN(C(=O)CCO)CC3)cc2)CC1. The van der Waals surface area contributed by atoms with E-state index < -0.39 is 0 Å². The van der Waals surface area contributed by atoms with Crippen LogP contribution in [-0.4, -0.2) is 95.5 Å². The van der Waals surface area contributed by atoms with Crippen LogP contribution in [0.1, 0.15) is 41.6 Å². The molecule has 38 heavy (non-hydrogen) atoms. The fraction of sp³-hybridized carbons (Fsp3) is 0.429. The van der Waals surface area contributed by atoms with Gasteiger partial charge in [-0.25, -0.2) is 0 Å². The summed E-state index contributed by atoms with van der Waals surface area (Å²) in [6, 6.07) is 11.2. The number of aliphatic hydroxyl groups is 1.